The van der Waals surface area contributed by atoms with E-state index in [9.17, 15) is 19.1 Å². The first-order chi connectivity index (χ1) is 9.95. The van der Waals surface area contributed by atoms with Gasteiger partial charge in [0.1, 0.15) is 11.4 Å². The van der Waals surface area contributed by atoms with Crippen LogP contribution >= 0.6 is 0 Å². The monoisotopic (exact) mass is 292 g/mol. The molecule has 5 nitrogen and oxygen atoms in total. The van der Waals surface area contributed by atoms with Crippen LogP contribution in [0.4, 0.5) is 4.39 Å². The molecule has 0 saturated heterocycles. The van der Waals surface area contributed by atoms with Gasteiger partial charge in [-0.1, -0.05) is 38.5 Å². The molecule has 21 heavy (non-hydrogen) atoms. The van der Waals surface area contributed by atoms with E-state index < -0.39 is 22.9 Å². The minimum Gasteiger partial charge on any atom is -0.494 e. The van der Waals surface area contributed by atoms with Crippen LogP contribution in [0.2, 0.25) is 0 Å². The lowest BCUT2D eigenvalue weighted by Crippen LogP contribution is -2.32. The van der Waals surface area contributed by atoms with Gasteiger partial charge in [0.05, 0.1) is 0 Å². The van der Waals surface area contributed by atoms with E-state index in [1.165, 1.54) is 18.2 Å². The Balaban J connectivity index is 2.68. The molecule has 0 amide bonds. The maximum Gasteiger partial charge on any atom is 0.331 e. The van der Waals surface area contributed by atoms with Gasteiger partial charge in [-0.2, -0.15) is 0 Å². The second-order valence-electron chi connectivity index (χ2n) is 5.06. The molecule has 1 aromatic heterocycles. The van der Waals surface area contributed by atoms with Crippen LogP contribution in [0.3, 0.4) is 0 Å². The maximum atomic E-state index is 13.8. The molecule has 0 spiro atoms. The van der Waals surface area contributed by atoms with Crippen LogP contribution in [0.1, 0.15) is 20.3 Å². The lowest BCUT2D eigenvalue weighted by atomic mass is 10.1. The number of nitrogens with zero attached hydrogens (tertiary/aromatic N) is 1. The predicted molar refractivity (Wildman–Crippen MR) is 77.8 cm³/mol. The summed E-state index contributed by atoms with van der Waals surface area (Å²) in [5.41, 5.74) is -1.76. The molecule has 0 aliphatic rings. The van der Waals surface area contributed by atoms with Crippen molar-refractivity contribution in [2.75, 3.05) is 0 Å². The fourth-order valence-corrected chi connectivity index (χ4v) is 2.08. The molecule has 0 fully saturated rings. The van der Waals surface area contributed by atoms with Crippen molar-refractivity contribution in [3.63, 3.8) is 0 Å². The molecule has 0 bridgehead atoms. The Hall–Kier alpha value is -2.37. The van der Waals surface area contributed by atoms with E-state index in [2.05, 4.69) is 4.98 Å². The Kier molecular flexibility index (Phi) is 4.26. The zero-order chi connectivity index (χ0) is 15.6. The number of nitrogens with one attached hydrogen (secondary N) is 1. The summed E-state index contributed by atoms with van der Waals surface area (Å²) in [5, 5.41) is 10.2. The zero-order valence-corrected chi connectivity index (χ0v) is 11.9. The van der Waals surface area contributed by atoms with Gasteiger partial charge in [0.15, 0.2) is 0 Å². The fraction of sp³-hybridized carbons (Fsp3) is 0.333. The van der Waals surface area contributed by atoms with E-state index in [0.29, 0.717) is 0 Å². The molecule has 1 heterocycles. The van der Waals surface area contributed by atoms with Gasteiger partial charge in [-0.3, -0.25) is 14.3 Å². The number of aromatic hydroxyl groups is 1. The van der Waals surface area contributed by atoms with Crippen LogP contribution in [-0.2, 0) is 6.54 Å². The first kappa shape index (κ1) is 15.0. The predicted octanol–water partition coefficient (Wildman–Crippen LogP) is 2.09. The third-order valence-electron chi connectivity index (χ3n) is 3.51. The van der Waals surface area contributed by atoms with Crippen molar-refractivity contribution in [2.45, 2.75) is 26.8 Å². The first-order valence-corrected chi connectivity index (χ1v) is 6.76. The quantitative estimate of drug-likeness (QED) is 0.906. The van der Waals surface area contributed by atoms with Gasteiger partial charge in [0.2, 0.25) is 5.88 Å². The minimum atomic E-state index is -0.803. The van der Waals surface area contributed by atoms with Gasteiger partial charge in [0.25, 0.3) is 5.56 Å². The number of benzene rings is 1. The lowest BCUT2D eigenvalue weighted by molar-refractivity contribution is 0.366. The smallest absolute Gasteiger partial charge is 0.331 e. The molecule has 2 N–H and O–H groups in total. The second kappa shape index (κ2) is 5.95. The summed E-state index contributed by atoms with van der Waals surface area (Å²) in [6.07, 6.45) is 0.806. The van der Waals surface area contributed by atoms with Crippen molar-refractivity contribution in [2.24, 2.45) is 5.92 Å². The Bertz CT molecular complexity index is 764. The highest BCUT2D eigenvalue weighted by Crippen LogP contribution is 2.26. The fourth-order valence-electron chi connectivity index (χ4n) is 2.08. The molecule has 112 valence electrons. The average molecular weight is 292 g/mol. The molecule has 1 atom stereocenters. The van der Waals surface area contributed by atoms with Crippen molar-refractivity contribution in [1.82, 2.24) is 9.55 Å². The Morgan fingerprint density at radius 3 is 2.62 bits per heavy atom. The Morgan fingerprint density at radius 2 is 2.00 bits per heavy atom. The van der Waals surface area contributed by atoms with Crippen molar-refractivity contribution in [1.29, 1.82) is 0 Å². The topological polar surface area (TPSA) is 75.1 Å². The molecule has 0 radical (unpaired) electrons. The van der Waals surface area contributed by atoms with Crippen LogP contribution < -0.4 is 11.2 Å². The molecule has 0 aliphatic heterocycles. The standard InChI is InChI=1S/C15H17FN2O3/c1-3-9(2)8-18-14(20)12(13(19)17-15(18)21)10-6-4-5-7-11(10)16/h4-7,9,20H,3,8H2,1-2H3,(H,17,19,21). The van der Waals surface area contributed by atoms with Crippen LogP contribution in [0.15, 0.2) is 33.9 Å². The molecule has 1 aromatic carbocycles. The maximum absolute atomic E-state index is 13.8. The van der Waals surface area contributed by atoms with E-state index >= 15 is 0 Å². The highest BCUT2D eigenvalue weighted by molar-refractivity contribution is 5.67. The molecule has 0 aliphatic carbocycles. The van der Waals surface area contributed by atoms with Gasteiger partial charge in [-0.25, -0.2) is 9.18 Å². The average Bonchev–Trinajstić information content (AvgIpc) is 2.45. The van der Waals surface area contributed by atoms with Crippen molar-refractivity contribution >= 4 is 0 Å². The number of H-pyrrole nitrogens is 1. The molecular weight excluding hydrogens is 275 g/mol. The van der Waals surface area contributed by atoms with E-state index in [1.54, 1.807) is 6.07 Å². The largest absolute Gasteiger partial charge is 0.494 e. The van der Waals surface area contributed by atoms with Crippen LogP contribution in [0, 0.1) is 11.7 Å². The van der Waals surface area contributed by atoms with E-state index in [4.69, 9.17) is 0 Å². The molecule has 1 unspecified atom stereocenters. The third-order valence-corrected chi connectivity index (χ3v) is 3.51. The number of hydrogen-bond acceptors (Lipinski definition) is 3. The zero-order valence-electron chi connectivity index (χ0n) is 11.9. The van der Waals surface area contributed by atoms with Crippen molar-refractivity contribution in [3.05, 3.63) is 50.9 Å². The minimum absolute atomic E-state index is 0.0332. The van der Waals surface area contributed by atoms with Crippen LogP contribution in [-0.4, -0.2) is 14.7 Å². The molecular formula is C15H17FN2O3. The van der Waals surface area contributed by atoms with Gasteiger partial charge >= 0.3 is 5.69 Å². The lowest BCUT2D eigenvalue weighted by Gasteiger charge is -2.15. The van der Waals surface area contributed by atoms with E-state index in [1.807, 2.05) is 13.8 Å². The summed E-state index contributed by atoms with van der Waals surface area (Å²) in [5.74, 6) is -1.01. The summed E-state index contributed by atoms with van der Waals surface area (Å²) in [6, 6.07) is 5.62. The molecule has 0 saturated carbocycles. The summed E-state index contributed by atoms with van der Waals surface area (Å²) in [4.78, 5) is 25.9. The normalized spacial score (nSPS) is 12.3. The number of halogens is 1. The summed E-state index contributed by atoms with van der Waals surface area (Å²) < 4.78 is 14.9. The Labute approximate surface area is 120 Å². The number of aromatic amines is 1. The highest BCUT2D eigenvalue weighted by Gasteiger charge is 2.19. The van der Waals surface area contributed by atoms with Gasteiger partial charge in [0, 0.05) is 12.1 Å². The van der Waals surface area contributed by atoms with Gasteiger partial charge in [-0.05, 0) is 12.0 Å². The second-order valence-corrected chi connectivity index (χ2v) is 5.06. The number of aromatic nitrogens is 2. The van der Waals surface area contributed by atoms with Crippen molar-refractivity contribution in [3.8, 4) is 17.0 Å². The summed E-state index contributed by atoms with van der Waals surface area (Å²) in [7, 11) is 0. The summed E-state index contributed by atoms with van der Waals surface area (Å²) in [6.45, 7) is 4.12. The molecule has 2 aromatic rings. The number of hydrogen-bond donors (Lipinski definition) is 2. The highest BCUT2D eigenvalue weighted by atomic mass is 19.1. The third kappa shape index (κ3) is 2.89. The van der Waals surface area contributed by atoms with E-state index in [-0.39, 0.29) is 23.6 Å². The SMILES string of the molecule is CCC(C)Cn1c(O)c(-c2ccccc2F)c(=O)[nH]c1=O. The van der Waals surface area contributed by atoms with Crippen LogP contribution in [0.5, 0.6) is 5.88 Å². The van der Waals surface area contributed by atoms with Crippen LogP contribution in [0.25, 0.3) is 11.1 Å². The number of rotatable bonds is 4. The summed E-state index contributed by atoms with van der Waals surface area (Å²) >= 11 is 0. The first-order valence-electron chi connectivity index (χ1n) is 6.76. The van der Waals surface area contributed by atoms with Gasteiger partial charge in [-0.15, -0.1) is 0 Å². The molecule has 2 rings (SSSR count). The van der Waals surface area contributed by atoms with E-state index in [0.717, 1.165) is 11.0 Å². The van der Waals surface area contributed by atoms with Crippen molar-refractivity contribution < 1.29 is 9.50 Å². The Morgan fingerprint density at radius 1 is 1.33 bits per heavy atom. The van der Waals surface area contributed by atoms with Gasteiger partial charge < -0.3 is 5.11 Å². The molecule has 6 heteroatoms.